The molecule has 4 aliphatic rings. The molecule has 0 bridgehead atoms. The Morgan fingerprint density at radius 3 is 1.29 bits per heavy atom. The summed E-state index contributed by atoms with van der Waals surface area (Å²) in [6.45, 7) is 7.88. The largest absolute Gasteiger partial charge is 0.496 e. The minimum atomic E-state index is -0.445. The molecule has 20 rings (SSSR count). The molecule has 1 fully saturated rings. The van der Waals surface area contributed by atoms with Gasteiger partial charge in [0.25, 0.3) is 3.57 Å². The molecule has 0 unspecified atom stereocenters. The van der Waals surface area contributed by atoms with Crippen molar-refractivity contribution in [2.45, 2.75) is 134 Å². The predicted molar refractivity (Wildman–Crippen MR) is 529 cm³/mol. The van der Waals surface area contributed by atoms with E-state index in [0.29, 0.717) is 28.6 Å². The first-order chi connectivity index (χ1) is 63.5. The zero-order valence-electron chi connectivity index (χ0n) is 74.0. The molecule has 650 valence electrons. The molecule has 0 spiro atoms. The van der Waals surface area contributed by atoms with Crippen molar-refractivity contribution in [3.05, 3.63) is 393 Å². The highest BCUT2D eigenvalue weighted by molar-refractivity contribution is 7.98. The van der Waals surface area contributed by atoms with Gasteiger partial charge in [0.15, 0.2) is 81.7 Å². The third-order valence-corrected chi connectivity index (χ3v) is 36.9. The summed E-state index contributed by atoms with van der Waals surface area (Å²) in [5.41, 5.74) is 5.33. The highest BCUT2D eigenvalue weighted by atomic mass is 127. The topological polar surface area (TPSA) is 115 Å². The molecule has 0 radical (unpaired) electrons. The van der Waals surface area contributed by atoms with Crippen molar-refractivity contribution < 1.29 is 63.9 Å². The van der Waals surface area contributed by atoms with Crippen LogP contribution in [0, 0.1) is 25.4 Å². The minimum absolute atomic E-state index is 0.00832. The standard InChI is InChI=1S/C23H32IO4.C21H17O2S.C20H17OS.C19H12NOS.C19H15OS.C11H15S/c1-5-6-7-8-9-10-15-28-19-13-11-18(12-14-19)24-23-21(26-3)16-20(25-2)17-22(23)27-4;1-23-21(22)15-10-12-18(13-11-15)24-19-8-4-2-6-16(19)14-17-7-3-5-9-20(17)24;1-2-21-15-11-13-16(14-12-15)22-19-9-5-3-7-17(19)18-8-4-6-10-20(18)22;20-13-14-9-11-15(12-10-14)22-18-7-3-1-5-16(18)21-17-6-2-4-8-19(17)22;1-14-10-12-15(13-11-14)21-18-8-4-2-6-16(18)20-17-7-3-5-9-19(17)21;1-3-7-11(8-4-1)12-9-5-2-6-10-12/h11-14,16-17H,5-10,15H2,1-4H3;2-13H,14H2,1H3;3-14H,2H2,1H3;1-12H;2-13H,1H3;1,3-4,7-8H,2,5-6,9-10H2/q6*+1. The van der Waals surface area contributed by atoms with Gasteiger partial charge in [-0.3, -0.25) is 0 Å². The van der Waals surface area contributed by atoms with Crippen LogP contribution in [0.25, 0.3) is 25.1 Å². The van der Waals surface area contributed by atoms with Gasteiger partial charge in [-0.05, 0) is 234 Å². The van der Waals surface area contributed by atoms with E-state index >= 15 is 0 Å². The van der Waals surface area contributed by atoms with Crippen molar-refractivity contribution in [2.75, 3.05) is 53.2 Å². The fourth-order valence-corrected chi connectivity index (χ4v) is 29.8. The number of methoxy groups -OCH3 is 4. The first kappa shape index (κ1) is 91.9. The number of nitrogens with zero attached hydrogens (tertiary/aromatic N) is 1. The summed E-state index contributed by atoms with van der Waals surface area (Å²) >= 11 is -0.445. The molecule has 0 amide bonds. The number of para-hydroxylation sites is 4. The van der Waals surface area contributed by atoms with Crippen LogP contribution >= 0.6 is 10.5 Å². The molecule has 15 aromatic carbocycles. The molecule has 0 saturated carbocycles. The van der Waals surface area contributed by atoms with E-state index in [1.807, 2.05) is 116 Å². The lowest BCUT2D eigenvalue weighted by Gasteiger charge is -2.19. The third-order valence-electron chi connectivity index (χ3n) is 22.1. The summed E-state index contributed by atoms with van der Waals surface area (Å²) in [6, 6.07) is 126. The number of esters is 1. The Hall–Kier alpha value is -11.8. The molecule has 16 aromatic rings. The first-order valence-corrected chi connectivity index (χ1v) is 52.6. The van der Waals surface area contributed by atoms with Crippen molar-refractivity contribution in [3.63, 3.8) is 0 Å². The van der Waals surface area contributed by atoms with Gasteiger partial charge in [-0.1, -0.05) is 184 Å². The van der Waals surface area contributed by atoms with E-state index in [9.17, 15) is 4.79 Å². The van der Waals surface area contributed by atoms with Gasteiger partial charge in [0.1, 0.15) is 50.5 Å². The van der Waals surface area contributed by atoms with Crippen molar-refractivity contribution in [2.24, 2.45) is 0 Å². The number of carbonyl (C=O) groups is 1. The third kappa shape index (κ3) is 23.1. The summed E-state index contributed by atoms with van der Waals surface area (Å²) in [6.07, 6.45) is 13.0. The number of aryl methyl sites for hydroxylation is 1. The van der Waals surface area contributed by atoms with Crippen LogP contribution in [0.1, 0.15) is 104 Å². The normalized spacial score (nSPS) is 12.7. The number of nitriles is 1. The number of ether oxygens (including phenoxy) is 8. The van der Waals surface area contributed by atoms with Gasteiger partial charge in [0, 0.05) is 74.0 Å². The second-order valence-electron chi connectivity index (χ2n) is 30.8. The van der Waals surface area contributed by atoms with Gasteiger partial charge in [0.2, 0.25) is 19.6 Å². The van der Waals surface area contributed by atoms with Crippen molar-refractivity contribution in [3.8, 4) is 62.7 Å². The molecular weight excluding hydrogens is 1800 g/mol. The first-order valence-electron chi connectivity index (χ1n) is 44.0. The van der Waals surface area contributed by atoms with Crippen LogP contribution in [0.5, 0.6) is 51.7 Å². The van der Waals surface area contributed by atoms with Gasteiger partial charge >= 0.3 is 27.2 Å². The molecule has 10 nitrogen and oxygen atoms in total. The number of unbranched alkanes of at least 4 members (excludes halogenated alkanes) is 5. The number of thiophene rings is 1. The van der Waals surface area contributed by atoms with Gasteiger partial charge in [-0.15, -0.1) is 0 Å². The van der Waals surface area contributed by atoms with Gasteiger partial charge in [-0.2, -0.15) is 5.26 Å². The van der Waals surface area contributed by atoms with Crippen molar-refractivity contribution in [1.29, 1.82) is 5.26 Å². The molecule has 0 atom stereocenters. The maximum atomic E-state index is 11.7. The molecular formula is C113H108INO9S5+6. The average Bonchev–Trinajstić information content (AvgIpc) is 1.73. The highest BCUT2D eigenvalue weighted by Crippen LogP contribution is 2.51. The van der Waals surface area contributed by atoms with Crippen LogP contribution in [0.3, 0.4) is 0 Å². The molecule has 5 heterocycles. The predicted octanol–water partition coefficient (Wildman–Crippen LogP) is 26.0. The lowest BCUT2D eigenvalue weighted by Crippen LogP contribution is -3.61. The number of fused-ring (bicyclic) bond motifs is 9. The van der Waals surface area contributed by atoms with E-state index in [1.165, 1.54) is 159 Å². The minimum Gasteiger partial charge on any atom is -0.496 e. The molecule has 0 aliphatic carbocycles. The second kappa shape index (κ2) is 46.5. The Balaban J connectivity index is 0.000000120. The summed E-state index contributed by atoms with van der Waals surface area (Å²) in [5.74, 6) is 10.6. The number of hydrogen-bond acceptors (Lipinski definition) is 10. The van der Waals surface area contributed by atoms with Crippen LogP contribution in [0.4, 0.5) is 0 Å². The van der Waals surface area contributed by atoms with Gasteiger partial charge in [-0.25, -0.2) is 4.79 Å². The van der Waals surface area contributed by atoms with E-state index in [4.69, 9.17) is 43.2 Å². The lowest BCUT2D eigenvalue weighted by molar-refractivity contribution is -0.598. The SMILES string of the molecule is CCCCCCCCOc1ccc([I+]c2c(OC)cc(OC)cc2OC)cc1.CCOc1ccc(-[s+]2c3ccccc3c3ccccc32)cc1.COC(=O)c1ccc([S+]2c3ccccc3Cc3ccccc32)cc1.Cc1ccc([S+]2c3ccccc3Oc3ccccc32)cc1.N#Cc1ccc([S+]2c3ccccc3Oc3ccccc32)cc1.c1ccc([S+]2CCCCC2)cc1. The Morgan fingerprint density at radius 1 is 0.395 bits per heavy atom. The smallest absolute Gasteiger partial charge is 0.366 e. The summed E-state index contributed by atoms with van der Waals surface area (Å²) in [7, 11) is 6.57. The van der Waals surface area contributed by atoms with E-state index in [-0.39, 0.29) is 49.1 Å². The summed E-state index contributed by atoms with van der Waals surface area (Å²) < 4.78 is 50.1. The zero-order chi connectivity index (χ0) is 89.1. The molecule has 1 saturated heterocycles. The Kier molecular flexibility index (Phi) is 33.1. The fraction of sp³-hybridized carbons (Fsp3) is 0.186. The van der Waals surface area contributed by atoms with Crippen LogP contribution in [-0.2, 0) is 54.7 Å². The van der Waals surface area contributed by atoms with E-state index in [1.54, 1.807) is 26.2 Å². The van der Waals surface area contributed by atoms with Gasteiger partial charge in [0.05, 0.1) is 69.7 Å². The fourth-order valence-electron chi connectivity index (χ4n) is 15.7. The van der Waals surface area contributed by atoms with Crippen LogP contribution in [0.15, 0.2) is 407 Å². The average molecular weight is 1910 g/mol. The number of rotatable bonds is 21. The maximum Gasteiger partial charge on any atom is 0.366 e. The second-order valence-corrected chi connectivity index (χ2v) is 43.7. The van der Waals surface area contributed by atoms with Crippen LogP contribution in [0.2, 0.25) is 0 Å². The van der Waals surface area contributed by atoms with E-state index < -0.39 is 21.2 Å². The van der Waals surface area contributed by atoms with Crippen LogP contribution < -0.4 is 54.4 Å². The monoisotopic (exact) mass is 1910 g/mol. The molecule has 0 N–H and O–H groups in total. The van der Waals surface area contributed by atoms with E-state index in [0.717, 1.165) is 74.8 Å². The Bertz CT molecular complexity index is 6180. The molecule has 16 heteroatoms. The Morgan fingerprint density at radius 2 is 0.814 bits per heavy atom. The molecule has 4 aliphatic heterocycles. The summed E-state index contributed by atoms with van der Waals surface area (Å²) in [4.78, 5) is 26.0. The van der Waals surface area contributed by atoms with Crippen molar-refractivity contribution in [1.82, 2.24) is 0 Å². The van der Waals surface area contributed by atoms with Crippen LogP contribution in [-0.4, -0.2) is 59.1 Å². The molecule has 129 heavy (non-hydrogen) atoms. The zero-order valence-corrected chi connectivity index (χ0v) is 80.2. The highest BCUT2D eigenvalue weighted by Gasteiger charge is 2.42. The maximum absolute atomic E-state index is 11.7. The van der Waals surface area contributed by atoms with E-state index in [2.05, 4.69) is 269 Å². The number of halogens is 1. The molecule has 1 aromatic heterocycles. The van der Waals surface area contributed by atoms with Crippen molar-refractivity contribution >= 4 is 80.2 Å². The lowest BCUT2D eigenvalue weighted by atomic mass is 10.0. The number of benzene rings is 15. The number of carbonyl (C=O) groups excluding carboxylic acids is 1. The quantitative estimate of drug-likeness (QED) is 0.0298. The number of hydrogen-bond donors (Lipinski definition) is 0. The Labute approximate surface area is 785 Å². The summed E-state index contributed by atoms with van der Waals surface area (Å²) in [5, 5.41) is 11.7. The van der Waals surface area contributed by atoms with Gasteiger partial charge < -0.3 is 37.9 Å².